The van der Waals surface area contributed by atoms with E-state index in [-0.39, 0.29) is 11.8 Å². The van der Waals surface area contributed by atoms with Crippen molar-refractivity contribution in [3.63, 3.8) is 0 Å². The number of anilines is 1. The molecule has 1 saturated heterocycles. The van der Waals surface area contributed by atoms with Gasteiger partial charge in [-0.15, -0.1) is 0 Å². The molecule has 7 nitrogen and oxygen atoms in total. The van der Waals surface area contributed by atoms with Crippen LogP contribution in [0.3, 0.4) is 0 Å². The summed E-state index contributed by atoms with van der Waals surface area (Å²) in [5.74, 6) is 3.08. The highest BCUT2D eigenvalue weighted by atomic mass is 16.2. The number of carbonyl (C=O) groups excluding carboxylic acids is 1. The molecule has 1 aliphatic carbocycles. The van der Waals surface area contributed by atoms with Gasteiger partial charge in [0.25, 0.3) is 5.91 Å². The molecule has 7 heteroatoms. The van der Waals surface area contributed by atoms with Gasteiger partial charge >= 0.3 is 0 Å². The maximum absolute atomic E-state index is 13.4. The molecule has 4 heterocycles. The quantitative estimate of drug-likeness (QED) is 0.654. The minimum atomic E-state index is 0.00147. The van der Waals surface area contributed by atoms with Gasteiger partial charge in [-0.05, 0) is 70.4 Å². The van der Waals surface area contributed by atoms with Gasteiger partial charge in [-0.3, -0.25) is 9.89 Å². The highest BCUT2D eigenvalue weighted by Gasteiger charge is 2.32. The number of carbonyl (C=O) groups is 1. The second-order valence-corrected chi connectivity index (χ2v) is 10.2. The van der Waals surface area contributed by atoms with Crippen molar-refractivity contribution >= 4 is 22.6 Å². The van der Waals surface area contributed by atoms with Crippen LogP contribution in [0, 0.1) is 19.8 Å². The first-order valence-corrected chi connectivity index (χ1v) is 12.4. The van der Waals surface area contributed by atoms with Crippen LogP contribution in [-0.4, -0.2) is 57.2 Å². The minimum absolute atomic E-state index is 0.00147. The van der Waals surface area contributed by atoms with Crippen molar-refractivity contribution < 1.29 is 4.79 Å². The van der Waals surface area contributed by atoms with Gasteiger partial charge < -0.3 is 9.80 Å². The first-order chi connectivity index (χ1) is 16.1. The van der Waals surface area contributed by atoms with E-state index in [9.17, 15) is 4.79 Å². The first-order valence-electron chi connectivity index (χ1n) is 12.4. The molecule has 172 valence electrons. The summed E-state index contributed by atoms with van der Waals surface area (Å²) in [6, 6.07) is 6.07. The molecule has 3 aromatic rings. The highest BCUT2D eigenvalue weighted by molar-refractivity contribution is 6.04. The van der Waals surface area contributed by atoms with Crippen LogP contribution in [0.15, 0.2) is 18.2 Å². The largest absolute Gasteiger partial charge is 0.356 e. The average molecular weight is 445 g/mol. The Hall–Kier alpha value is -2.96. The molecule has 6 rings (SSSR count). The zero-order valence-corrected chi connectivity index (χ0v) is 19.6. The molecule has 1 atom stereocenters. The summed E-state index contributed by atoms with van der Waals surface area (Å²) in [4.78, 5) is 28.0. The normalized spacial score (nSPS) is 20.8. The Morgan fingerprint density at radius 2 is 2.00 bits per heavy atom. The molecule has 1 aromatic carbocycles. The van der Waals surface area contributed by atoms with Gasteiger partial charge in [0.15, 0.2) is 5.69 Å². The Morgan fingerprint density at radius 1 is 1.12 bits per heavy atom. The van der Waals surface area contributed by atoms with Crippen LogP contribution in [0.1, 0.15) is 71.2 Å². The van der Waals surface area contributed by atoms with Crippen LogP contribution in [0.2, 0.25) is 0 Å². The van der Waals surface area contributed by atoms with Crippen molar-refractivity contribution in [3.8, 4) is 0 Å². The summed E-state index contributed by atoms with van der Waals surface area (Å²) in [6.07, 6.45) is 6.94. The molecule has 2 fully saturated rings. The van der Waals surface area contributed by atoms with E-state index in [1.165, 1.54) is 24.8 Å². The lowest BCUT2D eigenvalue weighted by molar-refractivity contribution is 0.0700. The zero-order valence-electron chi connectivity index (χ0n) is 19.6. The number of piperidine rings is 1. The van der Waals surface area contributed by atoms with Crippen molar-refractivity contribution in [2.24, 2.45) is 5.92 Å². The summed E-state index contributed by atoms with van der Waals surface area (Å²) in [5, 5.41) is 8.29. The molecule has 2 aromatic heterocycles. The number of aryl methyl sites for hydroxylation is 2. The van der Waals surface area contributed by atoms with E-state index in [1.807, 2.05) is 30.0 Å². The van der Waals surface area contributed by atoms with Gasteiger partial charge in [0, 0.05) is 48.7 Å². The molecular weight excluding hydrogens is 412 g/mol. The van der Waals surface area contributed by atoms with Crippen LogP contribution in [0.5, 0.6) is 0 Å². The van der Waals surface area contributed by atoms with Crippen molar-refractivity contribution in [2.75, 3.05) is 31.1 Å². The number of hydrogen-bond donors (Lipinski definition) is 1. The molecule has 1 saturated carbocycles. The Labute approximate surface area is 194 Å². The molecule has 0 bridgehead atoms. The SMILES string of the molecule is Cc1ccc2[nH]nc(C(=O)N3CCCC(c4nc(C)c5c(n4)N(CC4CC4)CCC5)C3)c2c1. The van der Waals surface area contributed by atoms with Gasteiger partial charge in [-0.25, -0.2) is 9.97 Å². The third-order valence-electron chi connectivity index (χ3n) is 7.53. The number of likely N-dealkylation sites (tertiary alicyclic amines) is 1. The third-order valence-corrected chi connectivity index (χ3v) is 7.53. The van der Waals surface area contributed by atoms with E-state index < -0.39 is 0 Å². The molecule has 0 radical (unpaired) electrons. The van der Waals surface area contributed by atoms with Crippen LogP contribution >= 0.6 is 0 Å². The predicted molar refractivity (Wildman–Crippen MR) is 129 cm³/mol. The van der Waals surface area contributed by atoms with Gasteiger partial charge in [0.05, 0.1) is 5.52 Å². The summed E-state index contributed by atoms with van der Waals surface area (Å²) in [6.45, 7) is 7.81. The van der Waals surface area contributed by atoms with Crippen LogP contribution in [0.25, 0.3) is 10.9 Å². The molecule has 1 N–H and O–H groups in total. The monoisotopic (exact) mass is 444 g/mol. The lowest BCUT2D eigenvalue weighted by Crippen LogP contribution is -2.40. The number of hydrogen-bond acceptors (Lipinski definition) is 5. The van der Waals surface area contributed by atoms with Crippen molar-refractivity contribution in [1.82, 2.24) is 25.1 Å². The second kappa shape index (κ2) is 8.12. The Balaban J connectivity index is 1.26. The smallest absolute Gasteiger partial charge is 0.275 e. The van der Waals surface area contributed by atoms with Crippen molar-refractivity contribution in [3.05, 3.63) is 46.5 Å². The number of fused-ring (bicyclic) bond motifs is 2. The number of rotatable bonds is 4. The van der Waals surface area contributed by atoms with Crippen molar-refractivity contribution in [2.45, 2.75) is 58.3 Å². The molecule has 33 heavy (non-hydrogen) atoms. The van der Waals surface area contributed by atoms with Crippen LogP contribution in [-0.2, 0) is 6.42 Å². The van der Waals surface area contributed by atoms with E-state index in [2.05, 4.69) is 22.0 Å². The predicted octanol–water partition coefficient (Wildman–Crippen LogP) is 4.15. The lowest BCUT2D eigenvalue weighted by atomic mass is 9.95. The standard InChI is InChI=1S/C26H32N6O/c1-16-7-10-22-21(13-16)23(30-29-22)26(33)32-12-3-5-19(15-32)24-27-17(2)20-6-4-11-31(25(20)28-24)14-18-8-9-18/h7,10,13,18-19H,3-6,8-9,11-12,14-15H2,1-2H3,(H,29,30). The number of amides is 1. The fourth-order valence-electron chi connectivity index (χ4n) is 5.49. The minimum Gasteiger partial charge on any atom is -0.356 e. The van der Waals surface area contributed by atoms with Crippen LogP contribution in [0.4, 0.5) is 5.82 Å². The van der Waals surface area contributed by atoms with Gasteiger partial charge in [0.2, 0.25) is 0 Å². The molecule has 3 aliphatic rings. The maximum Gasteiger partial charge on any atom is 0.275 e. The topological polar surface area (TPSA) is 78.0 Å². The summed E-state index contributed by atoms with van der Waals surface area (Å²) in [5.41, 5.74) is 5.00. The van der Waals surface area contributed by atoms with Crippen molar-refractivity contribution in [1.29, 1.82) is 0 Å². The molecule has 2 aliphatic heterocycles. The molecular formula is C26H32N6O. The number of nitrogens with zero attached hydrogens (tertiary/aromatic N) is 5. The maximum atomic E-state index is 13.4. The van der Waals surface area contributed by atoms with E-state index in [0.717, 1.165) is 78.6 Å². The summed E-state index contributed by atoms with van der Waals surface area (Å²) in [7, 11) is 0. The van der Waals surface area contributed by atoms with E-state index in [4.69, 9.17) is 9.97 Å². The molecule has 0 spiro atoms. The fraction of sp³-hybridized carbons (Fsp3) is 0.538. The zero-order chi connectivity index (χ0) is 22.5. The van der Waals surface area contributed by atoms with E-state index in [1.54, 1.807) is 0 Å². The van der Waals surface area contributed by atoms with E-state index >= 15 is 0 Å². The Kier molecular flexibility index (Phi) is 5.07. The summed E-state index contributed by atoms with van der Waals surface area (Å²) < 4.78 is 0. The number of aromatic amines is 1. The highest BCUT2D eigenvalue weighted by Crippen LogP contribution is 2.36. The molecule has 1 unspecified atom stereocenters. The summed E-state index contributed by atoms with van der Waals surface area (Å²) >= 11 is 0. The Morgan fingerprint density at radius 3 is 2.85 bits per heavy atom. The Bertz CT molecular complexity index is 1210. The fourth-order valence-corrected chi connectivity index (χ4v) is 5.49. The third kappa shape index (κ3) is 3.87. The number of H-pyrrole nitrogens is 1. The second-order valence-electron chi connectivity index (χ2n) is 10.2. The van der Waals surface area contributed by atoms with Gasteiger partial charge in [-0.1, -0.05) is 11.6 Å². The first kappa shape index (κ1) is 20.6. The molecule has 1 amide bonds. The lowest BCUT2D eigenvalue weighted by Gasteiger charge is -2.34. The van der Waals surface area contributed by atoms with E-state index in [0.29, 0.717) is 12.2 Å². The van der Waals surface area contributed by atoms with Crippen LogP contribution < -0.4 is 4.90 Å². The average Bonchev–Trinajstić information content (AvgIpc) is 3.55. The number of benzene rings is 1. The van der Waals surface area contributed by atoms with Gasteiger partial charge in [0.1, 0.15) is 11.6 Å². The number of aromatic nitrogens is 4. The van der Waals surface area contributed by atoms with Gasteiger partial charge in [-0.2, -0.15) is 5.10 Å². The number of nitrogens with one attached hydrogen (secondary N) is 1.